The lowest BCUT2D eigenvalue weighted by Gasteiger charge is -2.23. The Morgan fingerprint density at radius 2 is 1.50 bits per heavy atom. The van der Waals surface area contributed by atoms with Crippen LogP contribution in [0.1, 0.15) is 0 Å². The van der Waals surface area contributed by atoms with E-state index in [-0.39, 0.29) is 5.48 Å². The molecule has 14 heavy (non-hydrogen) atoms. The predicted molar refractivity (Wildman–Crippen MR) is 42.4 cm³/mol. The summed E-state index contributed by atoms with van der Waals surface area (Å²) in [5.74, 6) is -1.73. The van der Waals surface area contributed by atoms with Crippen molar-refractivity contribution in [3.05, 3.63) is 0 Å². The normalized spacial score (nSPS) is 18.9. The molecule has 0 aromatic carbocycles. The van der Waals surface area contributed by atoms with E-state index in [1.54, 1.807) is 0 Å². The molecule has 0 aromatic rings. The fourth-order valence-electron chi connectivity index (χ4n) is 0.668. The second-order valence-electron chi connectivity index (χ2n) is 2.51. The van der Waals surface area contributed by atoms with Gasteiger partial charge in [-0.3, -0.25) is 0 Å². The van der Waals surface area contributed by atoms with E-state index >= 15 is 0 Å². The van der Waals surface area contributed by atoms with Crippen molar-refractivity contribution < 1.29 is 40.9 Å². The molecule has 0 aliphatic carbocycles. The number of hydrogen-bond donors (Lipinski definition) is 6. The number of carbonyl (C=O) groups is 1. The molecule has 8 heteroatoms. The lowest BCUT2D eigenvalue weighted by molar-refractivity contribution is -0.164. The maximum absolute atomic E-state index is 10.1. The van der Waals surface area contributed by atoms with Gasteiger partial charge in [-0.25, -0.2) is 4.79 Å². The van der Waals surface area contributed by atoms with Gasteiger partial charge >= 0.3 is 5.97 Å². The molecule has 0 spiro atoms. The summed E-state index contributed by atoms with van der Waals surface area (Å²) < 4.78 is 0. The quantitative estimate of drug-likeness (QED) is 0.268. The standard InChI is InChI=1S/C6H12O7.H2O/c7-1-2(8)3(9)4(10)5(11)6(12)13;/h2-5,7-11H,1H2,(H,12,13);1H2. The Bertz CT molecular complexity index is 171. The van der Waals surface area contributed by atoms with E-state index in [9.17, 15) is 4.79 Å². The van der Waals surface area contributed by atoms with Gasteiger partial charge in [0.25, 0.3) is 0 Å². The molecule has 0 aliphatic heterocycles. The van der Waals surface area contributed by atoms with Crippen LogP contribution in [-0.2, 0) is 4.79 Å². The SMILES string of the molecule is O.O=C(O)C(O)C(O)C(O)C(O)CO. The Kier molecular flexibility index (Phi) is 7.45. The minimum Gasteiger partial charge on any atom is -0.479 e. The lowest BCUT2D eigenvalue weighted by atomic mass is 10.0. The van der Waals surface area contributed by atoms with Gasteiger partial charge in [0.15, 0.2) is 6.10 Å². The van der Waals surface area contributed by atoms with Crippen LogP contribution >= 0.6 is 0 Å². The Labute approximate surface area is 79.0 Å². The van der Waals surface area contributed by atoms with Gasteiger partial charge in [0, 0.05) is 0 Å². The van der Waals surface area contributed by atoms with Crippen LogP contribution in [0.15, 0.2) is 0 Å². The van der Waals surface area contributed by atoms with Crippen molar-refractivity contribution in [2.24, 2.45) is 0 Å². The molecule has 4 atom stereocenters. The zero-order valence-electron chi connectivity index (χ0n) is 7.11. The average Bonchev–Trinajstić information content (AvgIpc) is 2.12. The summed E-state index contributed by atoms with van der Waals surface area (Å²) in [4.78, 5) is 10.1. The first-order valence-corrected chi connectivity index (χ1v) is 3.47. The van der Waals surface area contributed by atoms with Crippen molar-refractivity contribution >= 4 is 5.97 Å². The smallest absolute Gasteiger partial charge is 0.335 e. The second kappa shape index (κ2) is 6.65. The van der Waals surface area contributed by atoms with Gasteiger partial charge in [-0.2, -0.15) is 0 Å². The predicted octanol–water partition coefficient (Wildman–Crippen LogP) is -4.32. The Hall–Kier alpha value is -0.770. The van der Waals surface area contributed by atoms with Crippen LogP contribution in [0.4, 0.5) is 0 Å². The van der Waals surface area contributed by atoms with Crippen LogP contribution in [0.2, 0.25) is 0 Å². The lowest BCUT2D eigenvalue weighted by Crippen LogP contribution is -2.48. The Morgan fingerprint density at radius 1 is 1.07 bits per heavy atom. The highest BCUT2D eigenvalue weighted by molar-refractivity contribution is 5.72. The molecule has 8 N–H and O–H groups in total. The molecule has 0 aromatic heterocycles. The zero-order valence-corrected chi connectivity index (χ0v) is 7.11. The molecule has 86 valence electrons. The molecule has 8 nitrogen and oxygen atoms in total. The number of hydrogen-bond acceptors (Lipinski definition) is 6. The molecule has 0 fully saturated rings. The third-order valence-corrected chi connectivity index (χ3v) is 1.51. The van der Waals surface area contributed by atoms with E-state index in [1.807, 2.05) is 0 Å². The van der Waals surface area contributed by atoms with Crippen molar-refractivity contribution in [1.82, 2.24) is 0 Å². The molecule has 0 radical (unpaired) electrons. The first-order valence-electron chi connectivity index (χ1n) is 3.47. The van der Waals surface area contributed by atoms with Crippen molar-refractivity contribution in [2.45, 2.75) is 24.4 Å². The third-order valence-electron chi connectivity index (χ3n) is 1.51. The van der Waals surface area contributed by atoms with Crippen LogP contribution in [0.3, 0.4) is 0 Å². The number of carboxylic acid groups (broad SMARTS) is 1. The van der Waals surface area contributed by atoms with Crippen molar-refractivity contribution in [3.8, 4) is 0 Å². The maximum atomic E-state index is 10.1. The average molecular weight is 214 g/mol. The highest BCUT2D eigenvalue weighted by Crippen LogP contribution is 2.04. The maximum Gasteiger partial charge on any atom is 0.335 e. The molecule has 0 saturated heterocycles. The van der Waals surface area contributed by atoms with E-state index in [0.29, 0.717) is 0 Å². The summed E-state index contributed by atoms with van der Waals surface area (Å²) in [6, 6.07) is 0. The Morgan fingerprint density at radius 3 is 1.79 bits per heavy atom. The summed E-state index contributed by atoms with van der Waals surface area (Å²) in [6.45, 7) is -0.843. The summed E-state index contributed by atoms with van der Waals surface area (Å²) in [6.07, 6.45) is -7.84. The second-order valence-corrected chi connectivity index (χ2v) is 2.51. The minimum absolute atomic E-state index is 0. The number of rotatable bonds is 5. The summed E-state index contributed by atoms with van der Waals surface area (Å²) >= 11 is 0. The van der Waals surface area contributed by atoms with Gasteiger partial charge in [-0.15, -0.1) is 0 Å². The van der Waals surface area contributed by atoms with Crippen molar-refractivity contribution in [1.29, 1.82) is 0 Å². The molecule has 0 rings (SSSR count). The number of aliphatic hydroxyl groups is 5. The highest BCUT2D eigenvalue weighted by atomic mass is 16.4. The molecule has 0 saturated carbocycles. The van der Waals surface area contributed by atoms with Gasteiger partial charge in [-0.05, 0) is 0 Å². The molecular weight excluding hydrogens is 200 g/mol. The fraction of sp³-hybridized carbons (Fsp3) is 0.833. The number of carboxylic acids is 1. The first-order chi connectivity index (χ1) is 5.91. The van der Waals surface area contributed by atoms with Crippen LogP contribution in [0.25, 0.3) is 0 Å². The van der Waals surface area contributed by atoms with Crippen LogP contribution in [0, 0.1) is 0 Å². The summed E-state index contributed by atoms with van der Waals surface area (Å²) in [5, 5.41) is 51.8. The van der Waals surface area contributed by atoms with Gasteiger partial charge in [0.2, 0.25) is 0 Å². The molecule has 0 bridgehead atoms. The highest BCUT2D eigenvalue weighted by Gasteiger charge is 2.33. The van der Waals surface area contributed by atoms with Crippen LogP contribution < -0.4 is 0 Å². The van der Waals surface area contributed by atoms with Crippen LogP contribution in [0.5, 0.6) is 0 Å². The van der Waals surface area contributed by atoms with Gasteiger partial charge < -0.3 is 36.1 Å². The van der Waals surface area contributed by atoms with Crippen LogP contribution in [-0.4, -0.2) is 73.1 Å². The number of aliphatic hydroxyl groups excluding tert-OH is 5. The van der Waals surface area contributed by atoms with Gasteiger partial charge in [0.1, 0.15) is 18.3 Å². The zero-order chi connectivity index (χ0) is 10.6. The van der Waals surface area contributed by atoms with E-state index in [1.165, 1.54) is 0 Å². The van der Waals surface area contributed by atoms with Gasteiger partial charge in [0.05, 0.1) is 6.61 Å². The van der Waals surface area contributed by atoms with E-state index in [4.69, 9.17) is 30.6 Å². The van der Waals surface area contributed by atoms with Crippen molar-refractivity contribution in [3.63, 3.8) is 0 Å². The monoisotopic (exact) mass is 214 g/mol. The largest absolute Gasteiger partial charge is 0.479 e. The van der Waals surface area contributed by atoms with E-state index in [0.717, 1.165) is 0 Å². The van der Waals surface area contributed by atoms with E-state index in [2.05, 4.69) is 0 Å². The molecule has 0 aliphatic rings. The summed E-state index contributed by atoms with van der Waals surface area (Å²) in [7, 11) is 0. The summed E-state index contributed by atoms with van der Waals surface area (Å²) in [5.41, 5.74) is 0. The third kappa shape index (κ3) is 3.96. The molecule has 0 heterocycles. The van der Waals surface area contributed by atoms with E-state index < -0.39 is 37.0 Å². The molecule has 4 unspecified atom stereocenters. The topological polar surface area (TPSA) is 170 Å². The Balaban J connectivity index is 0. The van der Waals surface area contributed by atoms with Crippen molar-refractivity contribution in [2.75, 3.05) is 6.61 Å². The molecule has 0 amide bonds. The first kappa shape index (κ1) is 15.7. The number of aliphatic carboxylic acids is 1. The van der Waals surface area contributed by atoms with Gasteiger partial charge in [-0.1, -0.05) is 0 Å². The molecular formula is C6H14O8. The minimum atomic E-state index is -2.20. The fourth-order valence-corrected chi connectivity index (χ4v) is 0.668.